The van der Waals surface area contributed by atoms with Crippen molar-refractivity contribution in [3.63, 3.8) is 0 Å². The molecule has 0 radical (unpaired) electrons. The molecular formula is C12H24N2OS2. The molecule has 1 heterocycles. The topological polar surface area (TPSA) is 32.3 Å². The van der Waals surface area contributed by atoms with Gasteiger partial charge in [0.05, 0.1) is 5.41 Å². The second-order valence-corrected chi connectivity index (χ2v) is 6.42. The van der Waals surface area contributed by atoms with Gasteiger partial charge in [-0.2, -0.15) is 0 Å². The van der Waals surface area contributed by atoms with Crippen molar-refractivity contribution in [3.8, 4) is 0 Å². The molecule has 1 fully saturated rings. The summed E-state index contributed by atoms with van der Waals surface area (Å²) in [6, 6.07) is 0. The van der Waals surface area contributed by atoms with E-state index in [1.54, 1.807) is 0 Å². The van der Waals surface area contributed by atoms with Crippen molar-refractivity contribution in [3.05, 3.63) is 0 Å². The van der Waals surface area contributed by atoms with Gasteiger partial charge in [0.25, 0.3) is 0 Å². The number of carbonyl (C=O) groups is 1. The van der Waals surface area contributed by atoms with E-state index in [9.17, 15) is 4.79 Å². The first kappa shape index (κ1) is 15.2. The summed E-state index contributed by atoms with van der Waals surface area (Å²) < 4.78 is 2.22. The standard InChI is InChI=1S/C12H24N2OS2/c1-4-12(11(15)13-9-10(2)3)5-7-14(17-16)8-6-12/h10,16H,4-9H2,1-3H3,(H,13,15). The van der Waals surface area contributed by atoms with E-state index in [0.717, 1.165) is 38.9 Å². The van der Waals surface area contributed by atoms with E-state index >= 15 is 0 Å². The highest BCUT2D eigenvalue weighted by Crippen LogP contribution is 2.37. The molecule has 1 aliphatic rings. The normalized spacial score (nSPS) is 20.5. The van der Waals surface area contributed by atoms with E-state index in [1.807, 2.05) is 0 Å². The lowest BCUT2D eigenvalue weighted by atomic mass is 9.76. The summed E-state index contributed by atoms with van der Waals surface area (Å²) in [4.78, 5) is 12.3. The summed E-state index contributed by atoms with van der Waals surface area (Å²) in [6.45, 7) is 9.07. The van der Waals surface area contributed by atoms with E-state index in [2.05, 4.69) is 42.1 Å². The first-order valence-corrected chi connectivity index (χ1v) is 8.21. The van der Waals surface area contributed by atoms with Crippen molar-refractivity contribution in [2.45, 2.75) is 40.0 Å². The number of rotatable bonds is 5. The molecule has 1 saturated heterocycles. The maximum absolute atomic E-state index is 12.3. The summed E-state index contributed by atoms with van der Waals surface area (Å²) >= 11 is 4.21. The van der Waals surface area contributed by atoms with Gasteiger partial charge in [0, 0.05) is 19.6 Å². The summed E-state index contributed by atoms with van der Waals surface area (Å²) in [5.41, 5.74) is -0.144. The van der Waals surface area contributed by atoms with Crippen LogP contribution >= 0.6 is 22.6 Å². The lowest BCUT2D eigenvalue weighted by Gasteiger charge is -2.39. The van der Waals surface area contributed by atoms with Crippen LogP contribution in [-0.2, 0) is 4.79 Å². The van der Waals surface area contributed by atoms with Gasteiger partial charge in [-0.15, -0.1) is 0 Å². The Morgan fingerprint density at radius 1 is 1.47 bits per heavy atom. The minimum atomic E-state index is -0.144. The minimum Gasteiger partial charge on any atom is -0.355 e. The molecule has 3 nitrogen and oxygen atoms in total. The molecule has 0 spiro atoms. The molecular weight excluding hydrogens is 252 g/mol. The van der Waals surface area contributed by atoms with E-state index in [4.69, 9.17) is 0 Å². The fourth-order valence-corrected chi connectivity index (χ4v) is 3.06. The molecule has 0 atom stereocenters. The Balaban J connectivity index is 2.54. The van der Waals surface area contributed by atoms with Crippen LogP contribution in [0, 0.1) is 11.3 Å². The van der Waals surface area contributed by atoms with Crippen molar-refractivity contribution in [2.75, 3.05) is 19.6 Å². The Bertz CT molecular complexity index is 251. The van der Waals surface area contributed by atoms with Gasteiger partial charge >= 0.3 is 0 Å². The molecule has 1 aliphatic heterocycles. The molecule has 1 amide bonds. The molecule has 0 bridgehead atoms. The SMILES string of the molecule is CCC1(C(=O)NCC(C)C)CCN(SS)CC1. The zero-order chi connectivity index (χ0) is 12.9. The van der Waals surface area contributed by atoms with Crippen LogP contribution in [0.2, 0.25) is 0 Å². The third kappa shape index (κ3) is 4.07. The second kappa shape index (κ2) is 6.90. The first-order valence-electron chi connectivity index (χ1n) is 6.39. The Morgan fingerprint density at radius 2 is 2.06 bits per heavy atom. The lowest BCUT2D eigenvalue weighted by molar-refractivity contribution is -0.133. The molecule has 100 valence electrons. The van der Waals surface area contributed by atoms with Crippen LogP contribution in [0.4, 0.5) is 0 Å². The number of hydrogen-bond donors (Lipinski definition) is 2. The monoisotopic (exact) mass is 276 g/mol. The summed E-state index contributed by atoms with van der Waals surface area (Å²) in [5, 5.41) is 3.09. The molecule has 0 saturated carbocycles. The smallest absolute Gasteiger partial charge is 0.226 e. The van der Waals surface area contributed by atoms with Crippen LogP contribution in [0.1, 0.15) is 40.0 Å². The van der Waals surface area contributed by atoms with E-state index < -0.39 is 0 Å². The molecule has 0 aromatic heterocycles. The van der Waals surface area contributed by atoms with Gasteiger partial charge in [0.2, 0.25) is 5.91 Å². The summed E-state index contributed by atoms with van der Waals surface area (Å²) in [6.07, 6.45) is 2.82. The maximum atomic E-state index is 12.3. The highest BCUT2D eigenvalue weighted by atomic mass is 33.1. The molecule has 17 heavy (non-hydrogen) atoms. The highest BCUT2D eigenvalue weighted by molar-refractivity contribution is 8.67. The fourth-order valence-electron chi connectivity index (χ4n) is 2.22. The molecule has 0 aromatic carbocycles. The van der Waals surface area contributed by atoms with Gasteiger partial charge in [-0.1, -0.05) is 32.4 Å². The summed E-state index contributed by atoms with van der Waals surface area (Å²) in [5.74, 6) is 0.762. The van der Waals surface area contributed by atoms with Gasteiger partial charge in [-0.05, 0) is 36.2 Å². The largest absolute Gasteiger partial charge is 0.355 e. The summed E-state index contributed by atoms with van der Waals surface area (Å²) in [7, 11) is 1.48. The van der Waals surface area contributed by atoms with E-state index in [1.165, 1.54) is 11.0 Å². The molecule has 1 rings (SSSR count). The third-order valence-electron chi connectivity index (χ3n) is 3.62. The molecule has 0 unspecified atom stereocenters. The number of carbonyl (C=O) groups excluding carboxylic acids is 1. The zero-order valence-electron chi connectivity index (χ0n) is 11.0. The van der Waals surface area contributed by atoms with Gasteiger partial charge < -0.3 is 5.32 Å². The fraction of sp³-hybridized carbons (Fsp3) is 0.917. The molecule has 0 aromatic rings. The maximum Gasteiger partial charge on any atom is 0.226 e. The number of thiol groups is 1. The number of nitrogens with zero attached hydrogens (tertiary/aromatic N) is 1. The zero-order valence-corrected chi connectivity index (χ0v) is 12.7. The van der Waals surface area contributed by atoms with Crippen LogP contribution < -0.4 is 5.32 Å². The van der Waals surface area contributed by atoms with Crippen LogP contribution in [0.15, 0.2) is 0 Å². The van der Waals surface area contributed by atoms with Crippen LogP contribution in [-0.4, -0.2) is 29.8 Å². The molecule has 1 N–H and O–H groups in total. The Kier molecular flexibility index (Phi) is 6.17. The number of piperidine rings is 1. The van der Waals surface area contributed by atoms with Crippen molar-refractivity contribution in [1.82, 2.24) is 9.62 Å². The number of amides is 1. The number of nitrogens with one attached hydrogen (secondary N) is 1. The lowest BCUT2D eigenvalue weighted by Crippen LogP contribution is -2.47. The average molecular weight is 276 g/mol. The average Bonchev–Trinajstić information content (AvgIpc) is 2.35. The van der Waals surface area contributed by atoms with Gasteiger partial charge in [-0.3, -0.25) is 4.79 Å². The van der Waals surface area contributed by atoms with Crippen molar-refractivity contribution < 1.29 is 4.79 Å². The van der Waals surface area contributed by atoms with Gasteiger partial charge in [-0.25, -0.2) is 4.31 Å². The second-order valence-electron chi connectivity index (χ2n) is 5.25. The Labute approximate surface area is 114 Å². The van der Waals surface area contributed by atoms with Crippen LogP contribution in [0.5, 0.6) is 0 Å². The predicted octanol–water partition coefficient (Wildman–Crippen LogP) is 2.74. The highest BCUT2D eigenvalue weighted by Gasteiger charge is 2.39. The van der Waals surface area contributed by atoms with Crippen molar-refractivity contribution >= 4 is 28.5 Å². The Hall–Kier alpha value is 0.130. The third-order valence-corrected chi connectivity index (χ3v) is 4.91. The quantitative estimate of drug-likeness (QED) is 0.460. The van der Waals surface area contributed by atoms with Crippen LogP contribution in [0.3, 0.4) is 0 Å². The van der Waals surface area contributed by atoms with Gasteiger partial charge in [0.15, 0.2) is 0 Å². The first-order chi connectivity index (χ1) is 8.04. The minimum absolute atomic E-state index is 0.144. The van der Waals surface area contributed by atoms with Crippen molar-refractivity contribution in [2.24, 2.45) is 11.3 Å². The molecule has 0 aliphatic carbocycles. The predicted molar refractivity (Wildman–Crippen MR) is 78.0 cm³/mol. The van der Waals surface area contributed by atoms with Crippen molar-refractivity contribution in [1.29, 1.82) is 0 Å². The Morgan fingerprint density at radius 3 is 2.47 bits per heavy atom. The van der Waals surface area contributed by atoms with Gasteiger partial charge in [0.1, 0.15) is 0 Å². The molecule has 5 heteroatoms. The van der Waals surface area contributed by atoms with Crippen LogP contribution in [0.25, 0.3) is 0 Å². The van der Waals surface area contributed by atoms with E-state index in [-0.39, 0.29) is 11.3 Å². The number of hydrogen-bond acceptors (Lipinski definition) is 4. The van der Waals surface area contributed by atoms with E-state index in [0.29, 0.717) is 5.92 Å².